The highest BCUT2D eigenvalue weighted by atomic mass is 35.5. The van der Waals surface area contributed by atoms with Gasteiger partial charge in [-0.1, -0.05) is 0 Å². The number of ether oxygens (including phenoxy) is 2. The fourth-order valence-corrected chi connectivity index (χ4v) is 2.03. The van der Waals surface area contributed by atoms with Crippen molar-refractivity contribution in [2.75, 3.05) is 19.8 Å². The predicted molar refractivity (Wildman–Crippen MR) is 55.5 cm³/mol. The molecule has 1 aliphatic heterocycles. The van der Waals surface area contributed by atoms with Crippen molar-refractivity contribution in [1.82, 2.24) is 0 Å². The van der Waals surface area contributed by atoms with Gasteiger partial charge in [-0.25, -0.2) is 13.2 Å². The molecule has 2 rings (SSSR count). The molecule has 1 fully saturated rings. The molecule has 1 aromatic rings. The lowest BCUT2D eigenvalue weighted by molar-refractivity contribution is -0.0897. The Kier molecular flexibility index (Phi) is 3.91. The SMILES string of the molecule is Fc1cc(F)c(C(Cl)C2COCCO2)c(F)c1. The monoisotopic (exact) mass is 266 g/mol. The molecule has 0 aliphatic carbocycles. The molecule has 0 amide bonds. The quantitative estimate of drug-likeness (QED) is 0.767. The van der Waals surface area contributed by atoms with Gasteiger partial charge in [0.2, 0.25) is 0 Å². The average Bonchev–Trinajstić information content (AvgIpc) is 2.28. The number of hydrogen-bond donors (Lipinski definition) is 0. The van der Waals surface area contributed by atoms with Crippen LogP contribution in [0.1, 0.15) is 10.9 Å². The molecule has 1 heterocycles. The van der Waals surface area contributed by atoms with Crippen LogP contribution in [0.4, 0.5) is 13.2 Å². The minimum absolute atomic E-state index is 0.157. The lowest BCUT2D eigenvalue weighted by atomic mass is 10.1. The summed E-state index contributed by atoms with van der Waals surface area (Å²) in [5.41, 5.74) is -0.386. The van der Waals surface area contributed by atoms with Crippen LogP contribution >= 0.6 is 11.6 Å². The second-order valence-corrected chi connectivity index (χ2v) is 4.14. The Bertz CT molecular complexity index is 385. The molecule has 2 unspecified atom stereocenters. The molecule has 17 heavy (non-hydrogen) atoms. The van der Waals surface area contributed by atoms with E-state index >= 15 is 0 Å². The molecule has 0 spiro atoms. The summed E-state index contributed by atoms with van der Waals surface area (Å²) in [4.78, 5) is 0. The van der Waals surface area contributed by atoms with E-state index < -0.39 is 28.9 Å². The van der Waals surface area contributed by atoms with E-state index in [9.17, 15) is 13.2 Å². The number of alkyl halides is 1. The molecular formula is C11H10ClF3O2. The largest absolute Gasteiger partial charge is 0.376 e. The summed E-state index contributed by atoms with van der Waals surface area (Å²) in [6.07, 6.45) is -0.639. The second-order valence-electron chi connectivity index (χ2n) is 3.67. The van der Waals surface area contributed by atoms with E-state index in [1.165, 1.54) is 0 Å². The van der Waals surface area contributed by atoms with Gasteiger partial charge in [0.25, 0.3) is 0 Å². The Morgan fingerprint density at radius 1 is 1.18 bits per heavy atom. The van der Waals surface area contributed by atoms with Crippen molar-refractivity contribution in [3.05, 3.63) is 35.1 Å². The van der Waals surface area contributed by atoms with E-state index in [0.29, 0.717) is 25.3 Å². The predicted octanol–water partition coefficient (Wildman–Crippen LogP) is 2.80. The fourth-order valence-electron chi connectivity index (χ4n) is 1.68. The van der Waals surface area contributed by atoms with E-state index in [-0.39, 0.29) is 12.2 Å². The molecule has 0 N–H and O–H groups in total. The summed E-state index contributed by atoms with van der Waals surface area (Å²) < 4.78 is 50.0. The summed E-state index contributed by atoms with van der Waals surface area (Å²) in [7, 11) is 0. The van der Waals surface area contributed by atoms with Crippen molar-refractivity contribution in [3.8, 4) is 0 Å². The van der Waals surface area contributed by atoms with Crippen molar-refractivity contribution in [2.45, 2.75) is 11.5 Å². The Hall–Kier alpha value is -0.780. The van der Waals surface area contributed by atoms with Gasteiger partial charge in [-0.3, -0.25) is 0 Å². The highest BCUT2D eigenvalue weighted by Crippen LogP contribution is 2.32. The van der Waals surface area contributed by atoms with E-state index in [4.69, 9.17) is 21.1 Å². The number of rotatable bonds is 2. The first-order valence-corrected chi connectivity index (χ1v) is 5.51. The first kappa shape index (κ1) is 12.7. The van der Waals surface area contributed by atoms with Crippen LogP contribution in [-0.4, -0.2) is 25.9 Å². The normalized spacial score (nSPS) is 22.5. The van der Waals surface area contributed by atoms with E-state index in [1.54, 1.807) is 0 Å². The number of benzene rings is 1. The Morgan fingerprint density at radius 2 is 1.82 bits per heavy atom. The Morgan fingerprint density at radius 3 is 2.35 bits per heavy atom. The van der Waals surface area contributed by atoms with Crippen LogP contribution < -0.4 is 0 Å². The molecule has 0 saturated carbocycles. The number of hydrogen-bond acceptors (Lipinski definition) is 2. The van der Waals surface area contributed by atoms with E-state index in [0.717, 1.165) is 0 Å². The van der Waals surface area contributed by atoms with E-state index in [1.807, 2.05) is 0 Å². The van der Waals surface area contributed by atoms with Crippen molar-refractivity contribution in [1.29, 1.82) is 0 Å². The Labute approximate surface area is 101 Å². The topological polar surface area (TPSA) is 18.5 Å². The van der Waals surface area contributed by atoms with Gasteiger partial charge in [-0.2, -0.15) is 0 Å². The van der Waals surface area contributed by atoms with Crippen LogP contribution in [-0.2, 0) is 9.47 Å². The summed E-state index contributed by atoms with van der Waals surface area (Å²) in [6.45, 7) is 0.900. The van der Waals surface area contributed by atoms with Gasteiger partial charge in [0.1, 0.15) is 23.6 Å². The van der Waals surface area contributed by atoms with Gasteiger partial charge in [0.05, 0.1) is 25.2 Å². The second kappa shape index (κ2) is 5.25. The summed E-state index contributed by atoms with van der Waals surface area (Å²) in [6, 6.07) is 1.19. The van der Waals surface area contributed by atoms with Gasteiger partial charge >= 0.3 is 0 Å². The molecule has 94 valence electrons. The van der Waals surface area contributed by atoms with Gasteiger partial charge in [0, 0.05) is 17.7 Å². The van der Waals surface area contributed by atoms with Gasteiger partial charge in [0.15, 0.2) is 0 Å². The first-order chi connectivity index (χ1) is 8.09. The maximum Gasteiger partial charge on any atom is 0.133 e. The first-order valence-electron chi connectivity index (χ1n) is 5.07. The Balaban J connectivity index is 2.26. The number of halogens is 4. The molecule has 1 aromatic carbocycles. The van der Waals surface area contributed by atoms with Crippen molar-refractivity contribution in [2.24, 2.45) is 0 Å². The highest BCUT2D eigenvalue weighted by Gasteiger charge is 2.29. The standard InChI is InChI=1S/C11H10ClF3O2/c12-11(9-5-16-1-2-17-9)10-7(14)3-6(13)4-8(10)15/h3-4,9,11H,1-2,5H2. The summed E-state index contributed by atoms with van der Waals surface area (Å²) in [5.74, 6) is -3.01. The molecule has 2 nitrogen and oxygen atoms in total. The third-order valence-corrected chi connectivity index (χ3v) is 2.99. The van der Waals surface area contributed by atoms with Crippen LogP contribution in [0.25, 0.3) is 0 Å². The molecule has 2 atom stereocenters. The molecule has 0 aromatic heterocycles. The van der Waals surface area contributed by atoms with Gasteiger partial charge in [-0.15, -0.1) is 11.6 Å². The fraction of sp³-hybridized carbons (Fsp3) is 0.455. The summed E-state index contributed by atoms with van der Waals surface area (Å²) >= 11 is 5.94. The molecule has 0 bridgehead atoms. The van der Waals surface area contributed by atoms with Crippen molar-refractivity contribution < 1.29 is 22.6 Å². The van der Waals surface area contributed by atoms with Crippen molar-refractivity contribution in [3.63, 3.8) is 0 Å². The van der Waals surface area contributed by atoms with Crippen LogP contribution in [0.15, 0.2) is 12.1 Å². The maximum atomic E-state index is 13.5. The molecular weight excluding hydrogens is 257 g/mol. The molecule has 6 heteroatoms. The third kappa shape index (κ3) is 2.73. The average molecular weight is 267 g/mol. The maximum absolute atomic E-state index is 13.5. The molecule has 1 aliphatic rings. The minimum atomic E-state index is -1.05. The highest BCUT2D eigenvalue weighted by molar-refractivity contribution is 6.21. The van der Waals surface area contributed by atoms with E-state index in [2.05, 4.69) is 0 Å². The van der Waals surface area contributed by atoms with Crippen LogP contribution in [0.2, 0.25) is 0 Å². The zero-order valence-electron chi connectivity index (χ0n) is 8.76. The smallest absolute Gasteiger partial charge is 0.133 e. The third-order valence-electron chi connectivity index (χ3n) is 2.49. The minimum Gasteiger partial charge on any atom is -0.376 e. The van der Waals surface area contributed by atoms with Crippen molar-refractivity contribution >= 4 is 11.6 Å². The van der Waals surface area contributed by atoms with Gasteiger partial charge in [-0.05, 0) is 0 Å². The summed E-state index contributed by atoms with van der Waals surface area (Å²) in [5, 5.41) is -1.05. The van der Waals surface area contributed by atoms with Crippen LogP contribution in [0.3, 0.4) is 0 Å². The van der Waals surface area contributed by atoms with Crippen LogP contribution in [0, 0.1) is 17.5 Å². The lowest BCUT2D eigenvalue weighted by Gasteiger charge is -2.27. The zero-order chi connectivity index (χ0) is 12.4. The molecule has 0 radical (unpaired) electrons. The van der Waals surface area contributed by atoms with Crippen LogP contribution in [0.5, 0.6) is 0 Å². The van der Waals surface area contributed by atoms with Gasteiger partial charge < -0.3 is 9.47 Å². The lowest BCUT2D eigenvalue weighted by Crippen LogP contribution is -2.32. The zero-order valence-corrected chi connectivity index (χ0v) is 9.52. The molecule has 1 saturated heterocycles.